The summed E-state index contributed by atoms with van der Waals surface area (Å²) in [6.45, 7) is 4.50. The van der Waals surface area contributed by atoms with Crippen molar-refractivity contribution in [2.45, 2.75) is 38.7 Å². The summed E-state index contributed by atoms with van der Waals surface area (Å²) >= 11 is 0. The number of ether oxygens (including phenoxy) is 2. The standard InChI is InChI=1S/C12H20O3/c1-9-2-7-15-12(9)11(13)8-10-3-5-14-6-4-10/h9-10,12H,2-8H2,1H3. The monoisotopic (exact) mass is 212 g/mol. The molecule has 0 aromatic carbocycles. The first-order valence-corrected chi connectivity index (χ1v) is 5.99. The molecule has 0 aliphatic carbocycles. The van der Waals surface area contributed by atoms with Gasteiger partial charge in [-0.25, -0.2) is 0 Å². The molecule has 86 valence electrons. The third-order valence-electron chi connectivity index (χ3n) is 3.54. The first kappa shape index (κ1) is 11.1. The Balaban J connectivity index is 1.80. The topological polar surface area (TPSA) is 35.5 Å². The SMILES string of the molecule is CC1CCOC1C(=O)CC1CCOCC1. The average molecular weight is 212 g/mol. The van der Waals surface area contributed by atoms with E-state index in [1.807, 2.05) is 0 Å². The Hall–Kier alpha value is -0.410. The summed E-state index contributed by atoms with van der Waals surface area (Å²) in [6, 6.07) is 0. The van der Waals surface area contributed by atoms with Crippen molar-refractivity contribution in [3.05, 3.63) is 0 Å². The summed E-state index contributed by atoms with van der Waals surface area (Å²) in [5.41, 5.74) is 0. The molecule has 2 saturated heterocycles. The Kier molecular flexibility index (Phi) is 3.76. The minimum absolute atomic E-state index is 0.118. The first-order valence-electron chi connectivity index (χ1n) is 5.99. The van der Waals surface area contributed by atoms with Crippen molar-refractivity contribution in [1.82, 2.24) is 0 Å². The van der Waals surface area contributed by atoms with Crippen LogP contribution < -0.4 is 0 Å². The highest BCUT2D eigenvalue weighted by Crippen LogP contribution is 2.26. The molecule has 2 heterocycles. The zero-order valence-electron chi connectivity index (χ0n) is 9.41. The molecule has 2 rings (SSSR count). The van der Waals surface area contributed by atoms with Gasteiger partial charge in [-0.15, -0.1) is 0 Å². The second-order valence-electron chi connectivity index (χ2n) is 4.78. The van der Waals surface area contributed by atoms with Crippen LogP contribution in [0.5, 0.6) is 0 Å². The van der Waals surface area contributed by atoms with Crippen LogP contribution in [-0.4, -0.2) is 31.7 Å². The van der Waals surface area contributed by atoms with Crippen molar-refractivity contribution >= 4 is 5.78 Å². The van der Waals surface area contributed by atoms with Crippen molar-refractivity contribution < 1.29 is 14.3 Å². The fraction of sp³-hybridized carbons (Fsp3) is 0.917. The van der Waals surface area contributed by atoms with Crippen LogP contribution in [0.25, 0.3) is 0 Å². The molecule has 0 amide bonds. The van der Waals surface area contributed by atoms with Crippen LogP contribution in [-0.2, 0) is 14.3 Å². The second-order valence-corrected chi connectivity index (χ2v) is 4.78. The van der Waals surface area contributed by atoms with Gasteiger partial charge in [0, 0.05) is 26.2 Å². The van der Waals surface area contributed by atoms with E-state index in [0.29, 0.717) is 24.0 Å². The number of hydrogen-bond donors (Lipinski definition) is 0. The van der Waals surface area contributed by atoms with Gasteiger partial charge < -0.3 is 9.47 Å². The highest BCUT2D eigenvalue weighted by Gasteiger charge is 2.32. The van der Waals surface area contributed by atoms with Crippen LogP contribution in [0.4, 0.5) is 0 Å². The summed E-state index contributed by atoms with van der Waals surface area (Å²) in [6.07, 6.45) is 3.68. The Morgan fingerprint density at radius 3 is 2.53 bits per heavy atom. The minimum atomic E-state index is -0.118. The Bertz CT molecular complexity index is 221. The molecule has 15 heavy (non-hydrogen) atoms. The lowest BCUT2D eigenvalue weighted by Gasteiger charge is -2.23. The smallest absolute Gasteiger partial charge is 0.162 e. The lowest BCUT2D eigenvalue weighted by atomic mass is 9.89. The van der Waals surface area contributed by atoms with E-state index < -0.39 is 0 Å². The zero-order valence-corrected chi connectivity index (χ0v) is 9.41. The van der Waals surface area contributed by atoms with Crippen molar-refractivity contribution in [3.63, 3.8) is 0 Å². The maximum absolute atomic E-state index is 12.0. The van der Waals surface area contributed by atoms with E-state index in [1.54, 1.807) is 0 Å². The van der Waals surface area contributed by atoms with Crippen LogP contribution in [0.1, 0.15) is 32.6 Å². The Labute approximate surface area is 91.1 Å². The molecule has 0 radical (unpaired) electrons. The van der Waals surface area contributed by atoms with Crippen LogP contribution in [0.15, 0.2) is 0 Å². The average Bonchev–Trinajstić information content (AvgIpc) is 2.66. The molecule has 3 heteroatoms. The molecule has 0 bridgehead atoms. The number of rotatable bonds is 3. The number of Topliss-reactive ketones (excluding diaryl/α,β-unsaturated/α-hetero) is 1. The molecule has 2 aliphatic rings. The van der Waals surface area contributed by atoms with Gasteiger partial charge in [-0.05, 0) is 31.1 Å². The van der Waals surface area contributed by atoms with Crippen LogP contribution in [0.3, 0.4) is 0 Å². The van der Waals surface area contributed by atoms with Crippen molar-refractivity contribution in [1.29, 1.82) is 0 Å². The summed E-state index contributed by atoms with van der Waals surface area (Å²) in [7, 11) is 0. The van der Waals surface area contributed by atoms with Crippen molar-refractivity contribution in [3.8, 4) is 0 Å². The molecular weight excluding hydrogens is 192 g/mol. The molecule has 2 fully saturated rings. The van der Waals surface area contributed by atoms with E-state index in [-0.39, 0.29) is 6.10 Å². The van der Waals surface area contributed by atoms with Gasteiger partial charge in [-0.3, -0.25) is 4.79 Å². The van der Waals surface area contributed by atoms with Crippen molar-refractivity contribution in [2.24, 2.45) is 11.8 Å². The van der Waals surface area contributed by atoms with Crippen LogP contribution >= 0.6 is 0 Å². The third kappa shape index (κ3) is 2.79. The number of carbonyl (C=O) groups is 1. The van der Waals surface area contributed by atoms with Gasteiger partial charge in [0.15, 0.2) is 5.78 Å². The third-order valence-corrected chi connectivity index (χ3v) is 3.54. The summed E-state index contributed by atoms with van der Waals surface area (Å²) < 4.78 is 10.8. The van der Waals surface area contributed by atoms with Gasteiger partial charge >= 0.3 is 0 Å². The molecular formula is C12H20O3. The van der Waals surface area contributed by atoms with Gasteiger partial charge in [0.05, 0.1) is 0 Å². The van der Waals surface area contributed by atoms with Gasteiger partial charge in [0.1, 0.15) is 6.10 Å². The van der Waals surface area contributed by atoms with Crippen molar-refractivity contribution in [2.75, 3.05) is 19.8 Å². The number of ketones is 1. The van der Waals surface area contributed by atoms with Gasteiger partial charge in [0.25, 0.3) is 0 Å². The highest BCUT2D eigenvalue weighted by molar-refractivity contribution is 5.83. The second kappa shape index (κ2) is 5.08. The maximum Gasteiger partial charge on any atom is 0.162 e. The first-order chi connectivity index (χ1) is 7.27. The minimum Gasteiger partial charge on any atom is -0.381 e. The quantitative estimate of drug-likeness (QED) is 0.715. The zero-order chi connectivity index (χ0) is 10.7. The van der Waals surface area contributed by atoms with Gasteiger partial charge in [0.2, 0.25) is 0 Å². The predicted octanol–water partition coefficient (Wildman–Crippen LogP) is 1.80. The molecule has 2 atom stereocenters. The fourth-order valence-electron chi connectivity index (χ4n) is 2.46. The maximum atomic E-state index is 12.0. The molecule has 0 aromatic heterocycles. The summed E-state index contributed by atoms with van der Waals surface area (Å²) in [5.74, 6) is 1.26. The fourth-order valence-corrected chi connectivity index (χ4v) is 2.46. The molecule has 0 aromatic rings. The van der Waals surface area contributed by atoms with E-state index >= 15 is 0 Å². The van der Waals surface area contributed by atoms with Gasteiger partial charge in [-0.1, -0.05) is 6.92 Å². The predicted molar refractivity (Wildman–Crippen MR) is 56.7 cm³/mol. The molecule has 0 N–H and O–H groups in total. The molecule has 3 nitrogen and oxygen atoms in total. The number of carbonyl (C=O) groups excluding carboxylic acids is 1. The van der Waals surface area contributed by atoms with E-state index in [1.165, 1.54) is 0 Å². The van der Waals surface area contributed by atoms with E-state index in [9.17, 15) is 4.79 Å². The lowest BCUT2D eigenvalue weighted by Crippen LogP contribution is -2.29. The summed E-state index contributed by atoms with van der Waals surface area (Å²) in [5, 5.41) is 0. The van der Waals surface area contributed by atoms with Crippen LogP contribution in [0, 0.1) is 11.8 Å². The molecule has 2 aliphatic heterocycles. The Morgan fingerprint density at radius 1 is 1.20 bits per heavy atom. The largest absolute Gasteiger partial charge is 0.381 e. The van der Waals surface area contributed by atoms with E-state index in [2.05, 4.69) is 6.92 Å². The lowest BCUT2D eigenvalue weighted by molar-refractivity contribution is -0.130. The Morgan fingerprint density at radius 2 is 1.93 bits per heavy atom. The van der Waals surface area contributed by atoms with E-state index in [0.717, 1.165) is 39.1 Å². The molecule has 2 unspecified atom stereocenters. The number of hydrogen-bond acceptors (Lipinski definition) is 3. The summed E-state index contributed by atoms with van der Waals surface area (Å²) in [4.78, 5) is 12.0. The molecule has 0 saturated carbocycles. The normalized spacial score (nSPS) is 33.1. The molecule has 0 spiro atoms. The highest BCUT2D eigenvalue weighted by atomic mass is 16.5. The van der Waals surface area contributed by atoms with Crippen LogP contribution in [0.2, 0.25) is 0 Å². The van der Waals surface area contributed by atoms with E-state index in [4.69, 9.17) is 9.47 Å². The van der Waals surface area contributed by atoms with Gasteiger partial charge in [-0.2, -0.15) is 0 Å².